The van der Waals surface area contributed by atoms with Crippen LogP contribution in [0.15, 0.2) is 29.4 Å². The molecule has 0 aliphatic carbocycles. The summed E-state index contributed by atoms with van der Waals surface area (Å²) in [5.74, 6) is -0.0185. The Morgan fingerprint density at radius 2 is 2.30 bits per heavy atom. The monoisotopic (exact) mass is 413 g/mol. The minimum Gasteiger partial charge on any atom is -0.482 e. The highest BCUT2D eigenvalue weighted by atomic mass is 16.5. The van der Waals surface area contributed by atoms with Gasteiger partial charge in [-0.15, -0.1) is 0 Å². The number of amides is 1. The van der Waals surface area contributed by atoms with Crippen LogP contribution in [0, 0.1) is 0 Å². The molecule has 10 heteroatoms. The molecule has 0 fully saturated rings. The molecule has 10 nitrogen and oxygen atoms in total. The first-order valence-electron chi connectivity index (χ1n) is 9.59. The van der Waals surface area contributed by atoms with E-state index in [2.05, 4.69) is 20.6 Å². The second-order valence-corrected chi connectivity index (χ2v) is 6.98. The summed E-state index contributed by atoms with van der Waals surface area (Å²) in [4.78, 5) is 33.0. The normalized spacial score (nSPS) is 16.0. The number of H-pyrrole nitrogens is 1. The molecule has 4 rings (SSSR count). The molecule has 0 bridgehead atoms. The Morgan fingerprint density at radius 1 is 1.47 bits per heavy atom. The lowest BCUT2D eigenvalue weighted by molar-refractivity contribution is -0.118. The summed E-state index contributed by atoms with van der Waals surface area (Å²) in [6.07, 6.45) is 0.506. The topological polar surface area (TPSA) is 128 Å². The SMILES string of the molecule is CCOC(=O)c1c[nH]c2c1N(C)CN=C2C(O)NCc1ccc2c(c1)NC(=O)CO2. The standard InChI is InChI=1S/C20H23N5O5/c1-3-29-20(28)12-8-21-16-17(23-10-25(2)18(12)16)19(27)22-7-11-4-5-14-13(6-11)24-15(26)9-30-14/h4-6,8,19,21-22,27H,3,7,9-10H2,1-2H3,(H,24,26). The zero-order chi connectivity index (χ0) is 21.3. The van der Waals surface area contributed by atoms with Crippen molar-refractivity contribution in [3.8, 4) is 5.75 Å². The molecule has 1 aromatic carbocycles. The fraction of sp³-hybridized carbons (Fsp3) is 0.350. The number of nitrogens with one attached hydrogen (secondary N) is 3. The Hall–Kier alpha value is -3.37. The number of benzene rings is 1. The average Bonchev–Trinajstić information content (AvgIpc) is 3.18. The molecule has 3 heterocycles. The maximum absolute atomic E-state index is 12.2. The average molecular weight is 413 g/mol. The van der Waals surface area contributed by atoms with Crippen LogP contribution in [0.3, 0.4) is 0 Å². The number of rotatable bonds is 6. The summed E-state index contributed by atoms with van der Waals surface area (Å²) < 4.78 is 10.5. The van der Waals surface area contributed by atoms with Gasteiger partial charge in [-0.25, -0.2) is 4.79 Å². The van der Waals surface area contributed by atoms with E-state index >= 15 is 0 Å². The largest absolute Gasteiger partial charge is 0.482 e. The van der Waals surface area contributed by atoms with E-state index in [1.165, 1.54) is 0 Å². The summed E-state index contributed by atoms with van der Waals surface area (Å²) in [5, 5.41) is 16.5. The van der Waals surface area contributed by atoms with Gasteiger partial charge in [0.2, 0.25) is 0 Å². The summed E-state index contributed by atoms with van der Waals surface area (Å²) in [7, 11) is 1.82. The number of aliphatic imine (C=N–C) groups is 1. The minimum atomic E-state index is -1.06. The number of carbonyl (C=O) groups excluding carboxylic acids is 2. The number of anilines is 2. The molecule has 0 saturated carbocycles. The fourth-order valence-corrected chi connectivity index (χ4v) is 3.48. The van der Waals surface area contributed by atoms with Gasteiger partial charge < -0.3 is 29.8 Å². The van der Waals surface area contributed by atoms with Gasteiger partial charge in [0.05, 0.1) is 23.7 Å². The molecular weight excluding hydrogens is 390 g/mol. The third-order valence-electron chi connectivity index (χ3n) is 4.87. The van der Waals surface area contributed by atoms with Crippen LogP contribution >= 0.6 is 0 Å². The van der Waals surface area contributed by atoms with E-state index in [-0.39, 0.29) is 19.1 Å². The van der Waals surface area contributed by atoms with Crippen LogP contribution < -0.4 is 20.3 Å². The highest BCUT2D eigenvalue weighted by Gasteiger charge is 2.30. The van der Waals surface area contributed by atoms with Crippen LogP contribution in [-0.2, 0) is 16.1 Å². The van der Waals surface area contributed by atoms with Crippen molar-refractivity contribution < 1.29 is 24.2 Å². The minimum absolute atomic E-state index is 0.00382. The van der Waals surface area contributed by atoms with Crippen LogP contribution in [0.1, 0.15) is 28.5 Å². The van der Waals surface area contributed by atoms with Crippen molar-refractivity contribution in [2.75, 3.05) is 37.1 Å². The highest BCUT2D eigenvalue weighted by molar-refractivity contribution is 6.11. The maximum atomic E-state index is 12.2. The molecule has 1 aromatic heterocycles. The van der Waals surface area contributed by atoms with Crippen LogP contribution in [0.5, 0.6) is 5.75 Å². The van der Waals surface area contributed by atoms with E-state index in [0.29, 0.717) is 47.3 Å². The predicted molar refractivity (Wildman–Crippen MR) is 110 cm³/mol. The van der Waals surface area contributed by atoms with Gasteiger partial charge in [-0.3, -0.25) is 15.1 Å². The second-order valence-electron chi connectivity index (χ2n) is 6.98. The number of aromatic nitrogens is 1. The van der Waals surface area contributed by atoms with Crippen molar-refractivity contribution in [3.63, 3.8) is 0 Å². The van der Waals surface area contributed by atoms with E-state index in [0.717, 1.165) is 5.56 Å². The molecule has 2 aliphatic rings. The van der Waals surface area contributed by atoms with E-state index in [1.54, 1.807) is 25.3 Å². The van der Waals surface area contributed by atoms with E-state index in [1.807, 2.05) is 18.0 Å². The molecular formula is C20H23N5O5. The summed E-state index contributed by atoms with van der Waals surface area (Å²) in [6, 6.07) is 5.42. The number of aromatic amines is 1. The highest BCUT2D eigenvalue weighted by Crippen LogP contribution is 2.30. The third kappa shape index (κ3) is 3.74. The molecule has 2 aliphatic heterocycles. The molecule has 2 aromatic rings. The van der Waals surface area contributed by atoms with Gasteiger partial charge in [0.15, 0.2) is 6.61 Å². The lowest BCUT2D eigenvalue weighted by Crippen LogP contribution is -2.40. The van der Waals surface area contributed by atoms with Crippen molar-refractivity contribution >= 4 is 29.0 Å². The Bertz CT molecular complexity index is 1020. The first kappa shape index (κ1) is 19.9. The Kier molecular flexibility index (Phi) is 5.42. The molecule has 0 radical (unpaired) electrons. The van der Waals surface area contributed by atoms with Gasteiger partial charge in [0.1, 0.15) is 29.9 Å². The van der Waals surface area contributed by atoms with Gasteiger partial charge in [-0.2, -0.15) is 0 Å². The van der Waals surface area contributed by atoms with Crippen LogP contribution in [-0.4, -0.2) is 60.8 Å². The molecule has 30 heavy (non-hydrogen) atoms. The maximum Gasteiger partial charge on any atom is 0.341 e. The molecule has 1 unspecified atom stereocenters. The summed E-state index contributed by atoms with van der Waals surface area (Å²) >= 11 is 0. The molecule has 0 saturated heterocycles. The first-order valence-corrected chi connectivity index (χ1v) is 9.59. The first-order chi connectivity index (χ1) is 14.5. The van der Waals surface area contributed by atoms with Crippen molar-refractivity contribution in [3.05, 3.63) is 41.2 Å². The zero-order valence-electron chi connectivity index (χ0n) is 16.7. The van der Waals surface area contributed by atoms with Crippen molar-refractivity contribution in [1.29, 1.82) is 0 Å². The predicted octanol–water partition coefficient (Wildman–Crippen LogP) is 0.827. The van der Waals surface area contributed by atoms with Gasteiger partial charge in [-0.1, -0.05) is 6.07 Å². The number of esters is 1. The van der Waals surface area contributed by atoms with E-state index in [9.17, 15) is 14.7 Å². The third-order valence-corrected chi connectivity index (χ3v) is 4.87. The Morgan fingerprint density at radius 3 is 3.10 bits per heavy atom. The number of hydrogen-bond acceptors (Lipinski definition) is 8. The molecule has 158 valence electrons. The lowest BCUT2D eigenvalue weighted by atomic mass is 10.1. The van der Waals surface area contributed by atoms with Crippen molar-refractivity contribution in [2.45, 2.75) is 19.7 Å². The fourth-order valence-electron chi connectivity index (χ4n) is 3.48. The van der Waals surface area contributed by atoms with E-state index in [4.69, 9.17) is 9.47 Å². The Balaban J connectivity index is 1.49. The van der Waals surface area contributed by atoms with Crippen molar-refractivity contribution in [1.82, 2.24) is 10.3 Å². The molecule has 0 spiro atoms. The summed E-state index contributed by atoms with van der Waals surface area (Å²) in [6.45, 7) is 2.66. The number of carbonyl (C=O) groups is 2. The molecule has 1 atom stereocenters. The number of aliphatic hydroxyl groups excluding tert-OH is 1. The molecule has 1 amide bonds. The van der Waals surface area contributed by atoms with Gasteiger partial charge in [-0.05, 0) is 24.6 Å². The number of ether oxygens (including phenoxy) is 2. The number of fused-ring (bicyclic) bond motifs is 2. The van der Waals surface area contributed by atoms with Crippen molar-refractivity contribution in [2.24, 2.45) is 4.99 Å². The number of aliphatic hydroxyl groups is 1. The second kappa shape index (κ2) is 8.17. The lowest BCUT2D eigenvalue weighted by Gasteiger charge is -2.27. The van der Waals surface area contributed by atoms with Crippen LogP contribution in [0.2, 0.25) is 0 Å². The van der Waals surface area contributed by atoms with Gasteiger partial charge >= 0.3 is 5.97 Å². The van der Waals surface area contributed by atoms with Crippen LogP contribution in [0.25, 0.3) is 0 Å². The molecule has 4 N–H and O–H groups in total. The van der Waals surface area contributed by atoms with Gasteiger partial charge in [0.25, 0.3) is 5.91 Å². The van der Waals surface area contributed by atoms with Crippen LogP contribution in [0.4, 0.5) is 11.4 Å². The van der Waals surface area contributed by atoms with E-state index < -0.39 is 12.2 Å². The van der Waals surface area contributed by atoms with Gasteiger partial charge in [0, 0.05) is 19.8 Å². The number of nitrogens with zero attached hydrogens (tertiary/aromatic N) is 2. The smallest absolute Gasteiger partial charge is 0.341 e. The quantitative estimate of drug-likeness (QED) is 0.408. The number of hydrogen-bond donors (Lipinski definition) is 4. The summed E-state index contributed by atoms with van der Waals surface area (Å²) in [5.41, 5.74) is 3.48. The zero-order valence-corrected chi connectivity index (χ0v) is 16.7. The Labute approximate surface area is 172 Å².